The molecule has 1 aromatic carbocycles. The highest BCUT2D eigenvalue weighted by molar-refractivity contribution is 5.92. The standard InChI is InChI=1S/C16H20N4O3/c1-22-13-9-5-6-11(10-13)20-15(17)14(18-19-20)16(21)23-12-7-3-2-4-8-12/h5-6,9-10,12H,2-4,7-8,17H2,1H3. The van der Waals surface area contributed by atoms with Gasteiger partial charge < -0.3 is 15.2 Å². The molecule has 122 valence electrons. The number of methoxy groups -OCH3 is 1. The van der Waals surface area contributed by atoms with Gasteiger partial charge in [0.2, 0.25) is 5.69 Å². The van der Waals surface area contributed by atoms with Gasteiger partial charge in [-0.05, 0) is 37.8 Å². The van der Waals surface area contributed by atoms with Crippen LogP contribution in [0.4, 0.5) is 5.82 Å². The van der Waals surface area contributed by atoms with Crippen LogP contribution in [-0.4, -0.2) is 34.2 Å². The average Bonchev–Trinajstić information content (AvgIpc) is 2.97. The fraction of sp³-hybridized carbons (Fsp3) is 0.438. The fourth-order valence-electron chi connectivity index (χ4n) is 2.76. The molecule has 0 atom stereocenters. The van der Waals surface area contributed by atoms with Gasteiger partial charge >= 0.3 is 5.97 Å². The maximum Gasteiger partial charge on any atom is 0.363 e. The third-order valence-corrected chi connectivity index (χ3v) is 4.02. The molecule has 7 nitrogen and oxygen atoms in total. The first-order valence-corrected chi connectivity index (χ1v) is 7.75. The molecule has 2 aromatic rings. The molecule has 1 saturated carbocycles. The van der Waals surface area contributed by atoms with E-state index in [2.05, 4.69) is 10.3 Å². The van der Waals surface area contributed by atoms with Crippen molar-refractivity contribution in [2.45, 2.75) is 38.2 Å². The monoisotopic (exact) mass is 316 g/mol. The van der Waals surface area contributed by atoms with Gasteiger partial charge in [-0.25, -0.2) is 4.79 Å². The van der Waals surface area contributed by atoms with Gasteiger partial charge in [-0.1, -0.05) is 17.7 Å². The summed E-state index contributed by atoms with van der Waals surface area (Å²) < 4.78 is 12.1. The lowest BCUT2D eigenvalue weighted by atomic mass is 9.98. The normalized spacial score (nSPS) is 15.3. The number of nitrogen functional groups attached to an aromatic ring is 1. The van der Waals surface area contributed by atoms with Crippen LogP contribution < -0.4 is 10.5 Å². The largest absolute Gasteiger partial charge is 0.497 e. The maximum absolute atomic E-state index is 12.3. The predicted octanol–water partition coefficient (Wildman–Crippen LogP) is 2.35. The molecule has 2 N–H and O–H groups in total. The summed E-state index contributed by atoms with van der Waals surface area (Å²) in [4.78, 5) is 12.3. The lowest BCUT2D eigenvalue weighted by Gasteiger charge is -2.21. The molecule has 7 heteroatoms. The van der Waals surface area contributed by atoms with Crippen molar-refractivity contribution in [1.29, 1.82) is 0 Å². The van der Waals surface area contributed by atoms with Crippen molar-refractivity contribution >= 4 is 11.8 Å². The fourth-order valence-corrected chi connectivity index (χ4v) is 2.76. The summed E-state index contributed by atoms with van der Waals surface area (Å²) in [6, 6.07) is 7.20. The molecule has 3 rings (SSSR count). The van der Waals surface area contributed by atoms with E-state index in [0.717, 1.165) is 25.7 Å². The molecule has 1 heterocycles. The number of carbonyl (C=O) groups excluding carboxylic acids is 1. The minimum Gasteiger partial charge on any atom is -0.497 e. The number of esters is 1. The van der Waals surface area contributed by atoms with Crippen molar-refractivity contribution in [1.82, 2.24) is 15.0 Å². The number of benzene rings is 1. The molecular weight excluding hydrogens is 296 g/mol. The van der Waals surface area contributed by atoms with Gasteiger partial charge in [0.25, 0.3) is 0 Å². The van der Waals surface area contributed by atoms with Gasteiger partial charge in [-0.2, -0.15) is 4.68 Å². The van der Waals surface area contributed by atoms with Crippen LogP contribution in [0.2, 0.25) is 0 Å². The first-order valence-electron chi connectivity index (χ1n) is 7.75. The van der Waals surface area contributed by atoms with Crippen LogP contribution in [0.3, 0.4) is 0 Å². The zero-order valence-electron chi connectivity index (χ0n) is 13.1. The van der Waals surface area contributed by atoms with E-state index in [0.29, 0.717) is 11.4 Å². The quantitative estimate of drug-likeness (QED) is 0.870. The van der Waals surface area contributed by atoms with Crippen LogP contribution >= 0.6 is 0 Å². The topological polar surface area (TPSA) is 92.3 Å². The van der Waals surface area contributed by atoms with Gasteiger partial charge in [0.15, 0.2) is 5.82 Å². The summed E-state index contributed by atoms with van der Waals surface area (Å²) in [6.07, 6.45) is 5.12. The van der Waals surface area contributed by atoms with E-state index in [1.54, 1.807) is 13.2 Å². The lowest BCUT2D eigenvalue weighted by Crippen LogP contribution is -2.21. The molecule has 1 fully saturated rings. The Morgan fingerprint density at radius 3 is 2.83 bits per heavy atom. The molecule has 1 aliphatic carbocycles. The van der Waals surface area contributed by atoms with Gasteiger partial charge in [0.05, 0.1) is 12.8 Å². The Kier molecular flexibility index (Phi) is 4.45. The molecule has 0 radical (unpaired) electrons. The maximum atomic E-state index is 12.3. The average molecular weight is 316 g/mol. The zero-order valence-corrected chi connectivity index (χ0v) is 13.1. The van der Waals surface area contributed by atoms with E-state index >= 15 is 0 Å². The first kappa shape index (κ1) is 15.3. The molecule has 0 bridgehead atoms. The number of rotatable bonds is 4. The van der Waals surface area contributed by atoms with Crippen LogP contribution in [-0.2, 0) is 4.74 Å². The number of carbonyl (C=O) groups is 1. The number of anilines is 1. The predicted molar refractivity (Wildman–Crippen MR) is 84.6 cm³/mol. The van der Waals surface area contributed by atoms with E-state index in [1.807, 2.05) is 18.2 Å². The number of hydrogen-bond donors (Lipinski definition) is 1. The lowest BCUT2D eigenvalue weighted by molar-refractivity contribution is 0.0205. The Hall–Kier alpha value is -2.57. The van der Waals surface area contributed by atoms with Gasteiger partial charge in [0, 0.05) is 6.07 Å². The Labute approximate surface area is 134 Å². The Morgan fingerprint density at radius 2 is 2.09 bits per heavy atom. The van der Waals surface area contributed by atoms with E-state index in [-0.39, 0.29) is 17.6 Å². The molecule has 1 aromatic heterocycles. The summed E-state index contributed by atoms with van der Waals surface area (Å²) in [5, 5.41) is 7.85. The van der Waals surface area contributed by atoms with Crippen molar-refractivity contribution in [3.63, 3.8) is 0 Å². The number of nitrogens with zero attached hydrogens (tertiary/aromatic N) is 3. The number of aromatic nitrogens is 3. The minimum absolute atomic E-state index is 0.0439. The van der Waals surface area contributed by atoms with Crippen molar-refractivity contribution in [3.8, 4) is 11.4 Å². The van der Waals surface area contributed by atoms with Crippen LogP contribution in [0.5, 0.6) is 5.75 Å². The minimum atomic E-state index is -0.511. The van der Waals surface area contributed by atoms with Gasteiger partial charge in [-0.3, -0.25) is 0 Å². The van der Waals surface area contributed by atoms with Gasteiger partial charge in [-0.15, -0.1) is 5.10 Å². The van der Waals surface area contributed by atoms with Crippen molar-refractivity contribution in [2.24, 2.45) is 0 Å². The third-order valence-electron chi connectivity index (χ3n) is 4.02. The first-order chi connectivity index (χ1) is 11.2. The molecule has 0 unspecified atom stereocenters. The molecule has 0 amide bonds. The molecule has 0 spiro atoms. The van der Waals surface area contributed by atoms with Crippen molar-refractivity contribution < 1.29 is 14.3 Å². The zero-order chi connectivity index (χ0) is 16.2. The highest BCUT2D eigenvalue weighted by Gasteiger charge is 2.24. The van der Waals surface area contributed by atoms with E-state index in [4.69, 9.17) is 15.2 Å². The summed E-state index contributed by atoms with van der Waals surface area (Å²) in [5.41, 5.74) is 6.76. The van der Waals surface area contributed by atoms with Crippen molar-refractivity contribution in [3.05, 3.63) is 30.0 Å². The summed E-state index contributed by atoms with van der Waals surface area (Å²) in [6.45, 7) is 0. The molecule has 23 heavy (non-hydrogen) atoms. The van der Waals surface area contributed by atoms with Crippen LogP contribution in [0.25, 0.3) is 5.69 Å². The second-order valence-electron chi connectivity index (χ2n) is 5.60. The third kappa shape index (κ3) is 3.28. The van der Waals surface area contributed by atoms with Crippen LogP contribution in [0.1, 0.15) is 42.6 Å². The molecular formula is C16H20N4O3. The number of ether oxygens (including phenoxy) is 2. The number of nitrogens with two attached hydrogens (primary N) is 1. The SMILES string of the molecule is COc1cccc(-n2nnc(C(=O)OC3CCCCC3)c2N)c1. The Morgan fingerprint density at radius 1 is 1.30 bits per heavy atom. The highest BCUT2D eigenvalue weighted by atomic mass is 16.5. The van der Waals surface area contributed by atoms with E-state index in [1.165, 1.54) is 11.1 Å². The summed E-state index contributed by atoms with van der Waals surface area (Å²) in [5.74, 6) is 0.325. The van der Waals surface area contributed by atoms with E-state index < -0.39 is 5.97 Å². The summed E-state index contributed by atoms with van der Waals surface area (Å²) >= 11 is 0. The van der Waals surface area contributed by atoms with Gasteiger partial charge in [0.1, 0.15) is 11.9 Å². The van der Waals surface area contributed by atoms with E-state index in [9.17, 15) is 4.79 Å². The Balaban J connectivity index is 1.79. The molecule has 0 saturated heterocycles. The Bertz CT molecular complexity index is 692. The molecule has 1 aliphatic rings. The second kappa shape index (κ2) is 6.68. The summed E-state index contributed by atoms with van der Waals surface area (Å²) in [7, 11) is 1.58. The molecule has 0 aliphatic heterocycles. The van der Waals surface area contributed by atoms with Crippen LogP contribution in [0.15, 0.2) is 24.3 Å². The smallest absolute Gasteiger partial charge is 0.363 e. The highest BCUT2D eigenvalue weighted by Crippen LogP contribution is 2.23. The van der Waals surface area contributed by atoms with Crippen molar-refractivity contribution in [2.75, 3.05) is 12.8 Å². The second-order valence-corrected chi connectivity index (χ2v) is 5.60. The number of hydrogen-bond acceptors (Lipinski definition) is 6. The van der Waals surface area contributed by atoms with Crippen LogP contribution in [0, 0.1) is 0 Å².